The van der Waals surface area contributed by atoms with Crippen LogP contribution in [-0.4, -0.2) is 11.2 Å². The zero-order valence-corrected chi connectivity index (χ0v) is 17.5. The molecule has 0 aliphatic rings. The van der Waals surface area contributed by atoms with Crippen LogP contribution in [0.5, 0.6) is 11.5 Å². The van der Waals surface area contributed by atoms with Gasteiger partial charge in [0, 0.05) is 15.4 Å². The van der Waals surface area contributed by atoms with Gasteiger partial charge >= 0.3 is 0 Å². The Labute approximate surface area is 179 Å². The molecule has 0 atom stereocenters. The third-order valence-electron chi connectivity index (χ3n) is 3.94. The van der Waals surface area contributed by atoms with Gasteiger partial charge in [-0.2, -0.15) is 5.10 Å². The molecule has 144 valence electrons. The summed E-state index contributed by atoms with van der Waals surface area (Å²) in [4.78, 5) is 4.52. The van der Waals surface area contributed by atoms with Gasteiger partial charge in [-0.15, -0.1) is 11.3 Å². The summed E-state index contributed by atoms with van der Waals surface area (Å²) in [5.41, 5.74) is 5.52. The zero-order valence-electron chi connectivity index (χ0n) is 15.0. The Morgan fingerprint density at radius 3 is 2.62 bits per heavy atom. The number of anilines is 1. The minimum Gasteiger partial charge on any atom is -0.454 e. The van der Waals surface area contributed by atoms with Crippen molar-refractivity contribution in [2.45, 2.75) is 0 Å². The van der Waals surface area contributed by atoms with E-state index in [4.69, 9.17) is 4.74 Å². The Hall–Kier alpha value is -3.03. The molecule has 1 aromatic heterocycles. The second-order valence-corrected chi connectivity index (χ2v) is 7.79. The number of hydrogen-bond donors (Lipinski definition) is 1. The molecule has 4 aromatic rings. The average molecular weight is 468 g/mol. The number of nitrogens with one attached hydrogen (secondary N) is 1. The molecule has 1 heterocycles. The van der Waals surface area contributed by atoms with Crippen LogP contribution in [0, 0.1) is 5.82 Å². The number of halogens is 2. The van der Waals surface area contributed by atoms with Gasteiger partial charge in [-0.05, 0) is 42.0 Å². The minimum absolute atomic E-state index is 0.145. The monoisotopic (exact) mass is 467 g/mol. The molecular weight excluding hydrogens is 453 g/mol. The predicted octanol–water partition coefficient (Wildman–Crippen LogP) is 6.95. The van der Waals surface area contributed by atoms with Crippen LogP contribution in [0.2, 0.25) is 0 Å². The summed E-state index contributed by atoms with van der Waals surface area (Å²) in [7, 11) is 0. The molecule has 3 aromatic carbocycles. The Bertz CT molecular complexity index is 1130. The van der Waals surface area contributed by atoms with E-state index in [1.54, 1.807) is 30.5 Å². The first-order chi connectivity index (χ1) is 14.2. The molecule has 1 N–H and O–H groups in total. The first-order valence-electron chi connectivity index (χ1n) is 8.70. The maximum atomic E-state index is 14.0. The van der Waals surface area contributed by atoms with Crippen molar-refractivity contribution in [1.82, 2.24) is 4.98 Å². The topological polar surface area (TPSA) is 46.5 Å². The molecule has 7 heteroatoms. The number of benzene rings is 3. The Kier molecular flexibility index (Phi) is 5.97. The number of aromatic nitrogens is 1. The van der Waals surface area contributed by atoms with Crippen molar-refractivity contribution in [3.8, 4) is 22.8 Å². The van der Waals surface area contributed by atoms with Gasteiger partial charge in [0.1, 0.15) is 5.75 Å². The van der Waals surface area contributed by atoms with Crippen molar-refractivity contribution in [2.75, 3.05) is 5.43 Å². The van der Waals surface area contributed by atoms with E-state index in [0.717, 1.165) is 15.7 Å². The average Bonchev–Trinajstić information content (AvgIpc) is 3.21. The molecule has 0 saturated heterocycles. The molecule has 0 bridgehead atoms. The summed E-state index contributed by atoms with van der Waals surface area (Å²) in [6, 6.07) is 21.6. The quantitative estimate of drug-likeness (QED) is 0.246. The number of para-hydroxylation sites is 1. The van der Waals surface area contributed by atoms with E-state index < -0.39 is 5.82 Å². The number of rotatable bonds is 6. The van der Waals surface area contributed by atoms with E-state index in [2.05, 4.69) is 31.4 Å². The van der Waals surface area contributed by atoms with Crippen molar-refractivity contribution >= 4 is 38.6 Å². The number of hydrazone groups is 1. The van der Waals surface area contributed by atoms with Crippen molar-refractivity contribution in [3.63, 3.8) is 0 Å². The minimum atomic E-state index is -0.432. The van der Waals surface area contributed by atoms with Crippen LogP contribution in [0.15, 0.2) is 87.8 Å². The van der Waals surface area contributed by atoms with E-state index in [-0.39, 0.29) is 5.75 Å². The van der Waals surface area contributed by atoms with E-state index in [1.807, 2.05) is 47.8 Å². The van der Waals surface area contributed by atoms with Gasteiger partial charge in [-0.3, -0.25) is 5.43 Å². The SMILES string of the molecule is Fc1ccc(/C=N/Nc2nc(-c3ccc(Br)cc3)cs2)cc1Oc1ccccc1. The molecule has 0 saturated carbocycles. The predicted molar refractivity (Wildman–Crippen MR) is 119 cm³/mol. The van der Waals surface area contributed by atoms with Crippen molar-refractivity contribution in [1.29, 1.82) is 0 Å². The maximum Gasteiger partial charge on any atom is 0.203 e. The van der Waals surface area contributed by atoms with Gasteiger partial charge in [0.25, 0.3) is 0 Å². The zero-order chi connectivity index (χ0) is 20.1. The fourth-order valence-electron chi connectivity index (χ4n) is 2.53. The van der Waals surface area contributed by atoms with Gasteiger partial charge in [-0.25, -0.2) is 9.37 Å². The lowest BCUT2D eigenvalue weighted by Gasteiger charge is -2.07. The first-order valence-corrected chi connectivity index (χ1v) is 10.4. The third kappa shape index (κ3) is 5.07. The molecule has 0 aliphatic heterocycles. The lowest BCUT2D eigenvalue weighted by Crippen LogP contribution is -1.93. The molecule has 0 radical (unpaired) electrons. The van der Waals surface area contributed by atoms with Crippen molar-refractivity contribution < 1.29 is 9.13 Å². The van der Waals surface area contributed by atoms with Gasteiger partial charge in [0.05, 0.1) is 11.9 Å². The molecule has 0 amide bonds. The molecule has 4 nitrogen and oxygen atoms in total. The van der Waals surface area contributed by atoms with Crippen molar-refractivity contribution in [3.05, 3.63) is 94.0 Å². The summed E-state index contributed by atoms with van der Waals surface area (Å²) in [6.07, 6.45) is 1.60. The normalized spacial score (nSPS) is 11.0. The van der Waals surface area contributed by atoms with E-state index >= 15 is 0 Å². The summed E-state index contributed by atoms with van der Waals surface area (Å²) in [5, 5.41) is 6.83. The lowest BCUT2D eigenvalue weighted by molar-refractivity contribution is 0.442. The summed E-state index contributed by atoms with van der Waals surface area (Å²) in [6.45, 7) is 0. The van der Waals surface area contributed by atoms with Crippen LogP contribution < -0.4 is 10.2 Å². The smallest absolute Gasteiger partial charge is 0.203 e. The molecule has 4 rings (SSSR count). The van der Waals surface area contributed by atoms with Crippen LogP contribution in [0.4, 0.5) is 9.52 Å². The number of ether oxygens (including phenoxy) is 1. The highest BCUT2D eigenvalue weighted by atomic mass is 79.9. The molecule has 0 unspecified atom stereocenters. The standard InChI is InChI=1S/C22H15BrFN3OS/c23-17-9-7-16(8-10-17)20-14-29-22(26-20)27-25-13-15-6-11-19(24)21(12-15)28-18-4-2-1-3-5-18/h1-14H,(H,26,27)/b25-13+. The van der Waals surface area contributed by atoms with Gasteiger partial charge in [-0.1, -0.05) is 52.3 Å². The van der Waals surface area contributed by atoms with E-state index in [1.165, 1.54) is 17.4 Å². The lowest BCUT2D eigenvalue weighted by atomic mass is 10.2. The van der Waals surface area contributed by atoms with Crippen molar-refractivity contribution in [2.24, 2.45) is 5.10 Å². The number of thiazole rings is 1. The molecule has 0 fully saturated rings. The van der Waals surface area contributed by atoms with Gasteiger partial charge in [0.15, 0.2) is 11.6 Å². The summed E-state index contributed by atoms with van der Waals surface area (Å²) in [5.74, 6) is 0.284. The van der Waals surface area contributed by atoms with E-state index in [9.17, 15) is 4.39 Å². The van der Waals surface area contributed by atoms with E-state index in [0.29, 0.717) is 16.4 Å². The third-order valence-corrected chi connectivity index (χ3v) is 5.22. The molecular formula is C22H15BrFN3OS. The van der Waals surface area contributed by atoms with Crippen LogP contribution in [0.25, 0.3) is 11.3 Å². The van der Waals surface area contributed by atoms with Crippen LogP contribution in [0.1, 0.15) is 5.56 Å². The Morgan fingerprint density at radius 1 is 1.03 bits per heavy atom. The first kappa shape index (κ1) is 19.3. The Balaban J connectivity index is 1.43. The Morgan fingerprint density at radius 2 is 1.83 bits per heavy atom. The highest BCUT2D eigenvalue weighted by Crippen LogP contribution is 2.27. The maximum absolute atomic E-state index is 14.0. The molecule has 0 aliphatic carbocycles. The molecule has 29 heavy (non-hydrogen) atoms. The second-order valence-electron chi connectivity index (χ2n) is 6.02. The van der Waals surface area contributed by atoms with Crippen LogP contribution in [0.3, 0.4) is 0 Å². The van der Waals surface area contributed by atoms with Gasteiger partial charge < -0.3 is 4.74 Å². The fourth-order valence-corrected chi connectivity index (χ4v) is 3.47. The fraction of sp³-hybridized carbons (Fsp3) is 0. The summed E-state index contributed by atoms with van der Waals surface area (Å²) >= 11 is 4.88. The largest absolute Gasteiger partial charge is 0.454 e. The van der Waals surface area contributed by atoms with Crippen LogP contribution >= 0.6 is 27.3 Å². The highest BCUT2D eigenvalue weighted by molar-refractivity contribution is 9.10. The molecule has 0 spiro atoms. The number of hydrogen-bond acceptors (Lipinski definition) is 5. The highest BCUT2D eigenvalue weighted by Gasteiger charge is 2.06. The van der Waals surface area contributed by atoms with Gasteiger partial charge in [0.2, 0.25) is 5.13 Å². The number of nitrogens with zero attached hydrogens (tertiary/aromatic N) is 2. The second kappa shape index (κ2) is 8.98. The summed E-state index contributed by atoms with van der Waals surface area (Å²) < 4.78 is 20.7. The van der Waals surface area contributed by atoms with Crippen LogP contribution in [-0.2, 0) is 0 Å².